The molecule has 3 heterocycles. The number of amides is 2. The maximum Gasteiger partial charge on any atom is 0.410 e. The first-order chi connectivity index (χ1) is 14.7. The van der Waals surface area contributed by atoms with Gasteiger partial charge >= 0.3 is 6.09 Å². The van der Waals surface area contributed by atoms with Crippen molar-refractivity contribution >= 4 is 23.3 Å². The third-order valence-electron chi connectivity index (χ3n) is 5.58. The molecule has 2 aromatic rings. The topological polar surface area (TPSA) is 59.1 Å². The van der Waals surface area contributed by atoms with Crippen LogP contribution in [0.1, 0.15) is 48.8 Å². The monoisotopic (exact) mass is 442 g/mol. The molecule has 1 aromatic heterocycles. The molecule has 1 atom stereocenters. The highest BCUT2D eigenvalue weighted by molar-refractivity contribution is 7.17. The fraction of sp³-hybridized carbons (Fsp3) is 0.500. The van der Waals surface area contributed by atoms with Gasteiger partial charge in [-0.25, -0.2) is 4.79 Å². The second-order valence-electron chi connectivity index (χ2n) is 9.37. The number of rotatable bonds is 3. The Morgan fingerprint density at radius 1 is 1.29 bits per heavy atom. The summed E-state index contributed by atoms with van der Waals surface area (Å²) in [7, 11) is 1.76. The summed E-state index contributed by atoms with van der Waals surface area (Å²) < 4.78 is 11.3. The molecular formula is C24H30N2O4S. The molecule has 0 saturated carbocycles. The van der Waals surface area contributed by atoms with E-state index in [2.05, 4.69) is 0 Å². The van der Waals surface area contributed by atoms with Crippen molar-refractivity contribution in [2.24, 2.45) is 5.92 Å². The molecule has 6 nitrogen and oxygen atoms in total. The summed E-state index contributed by atoms with van der Waals surface area (Å²) in [5, 5.41) is 0. The smallest absolute Gasteiger partial charge is 0.410 e. The number of para-hydroxylation sites is 1. The molecule has 1 fully saturated rings. The maximum atomic E-state index is 13.3. The van der Waals surface area contributed by atoms with E-state index in [1.807, 2.05) is 56.0 Å². The van der Waals surface area contributed by atoms with E-state index in [0.29, 0.717) is 19.7 Å². The van der Waals surface area contributed by atoms with Crippen LogP contribution in [-0.4, -0.2) is 54.1 Å². The van der Waals surface area contributed by atoms with E-state index in [1.54, 1.807) is 23.3 Å². The predicted octanol–water partition coefficient (Wildman–Crippen LogP) is 5.03. The highest BCUT2D eigenvalue weighted by atomic mass is 32.1. The van der Waals surface area contributed by atoms with Crippen LogP contribution in [0.4, 0.5) is 4.79 Å². The highest BCUT2D eigenvalue weighted by Gasteiger charge is 2.30. The first-order valence-corrected chi connectivity index (χ1v) is 11.6. The third kappa shape index (κ3) is 4.87. The summed E-state index contributed by atoms with van der Waals surface area (Å²) >= 11 is 1.55. The van der Waals surface area contributed by atoms with Gasteiger partial charge in [-0.1, -0.05) is 12.1 Å². The minimum absolute atomic E-state index is 0.0708. The van der Waals surface area contributed by atoms with E-state index in [-0.39, 0.29) is 17.9 Å². The van der Waals surface area contributed by atoms with Crippen molar-refractivity contribution in [1.29, 1.82) is 0 Å². The average molecular weight is 443 g/mol. The van der Waals surface area contributed by atoms with Crippen LogP contribution in [0.5, 0.6) is 5.75 Å². The lowest BCUT2D eigenvalue weighted by Crippen LogP contribution is -2.44. The number of carbonyl (C=O) groups is 2. The molecule has 1 unspecified atom stereocenters. The largest absolute Gasteiger partial charge is 0.488 e. The molecule has 2 aliphatic heterocycles. The Hall–Kier alpha value is -2.54. The van der Waals surface area contributed by atoms with E-state index in [0.717, 1.165) is 46.0 Å². The lowest BCUT2D eigenvalue weighted by molar-refractivity contribution is 0.0244. The predicted molar refractivity (Wildman–Crippen MR) is 122 cm³/mol. The molecule has 2 aliphatic rings. The number of hydrogen-bond donors (Lipinski definition) is 0. The molecular weight excluding hydrogens is 412 g/mol. The highest BCUT2D eigenvalue weighted by Crippen LogP contribution is 2.42. The second kappa shape index (κ2) is 8.54. The third-order valence-corrected chi connectivity index (χ3v) is 6.78. The number of hydrogen-bond acceptors (Lipinski definition) is 5. The summed E-state index contributed by atoms with van der Waals surface area (Å²) in [4.78, 5) is 31.0. The molecule has 1 saturated heterocycles. The van der Waals surface area contributed by atoms with E-state index in [1.165, 1.54) is 0 Å². The van der Waals surface area contributed by atoms with Crippen molar-refractivity contribution < 1.29 is 19.1 Å². The molecule has 0 radical (unpaired) electrons. The molecule has 0 bridgehead atoms. The van der Waals surface area contributed by atoms with Crippen LogP contribution in [0.3, 0.4) is 0 Å². The van der Waals surface area contributed by atoms with Gasteiger partial charge < -0.3 is 19.3 Å². The van der Waals surface area contributed by atoms with Gasteiger partial charge in [0.25, 0.3) is 5.91 Å². The molecule has 7 heteroatoms. The normalized spacial score (nSPS) is 17.9. The number of piperidine rings is 1. The standard InChI is InChI=1S/C24H30N2O4S/c1-24(2,3)30-23(28)25(4)13-16-8-7-11-26(14-16)22(27)20-12-17-15-29-19-10-6-5-9-18(19)21(17)31-20/h5-6,9-10,12,16H,7-8,11,13-15H2,1-4H3. The molecule has 1 aromatic carbocycles. The van der Waals surface area contributed by atoms with Crippen molar-refractivity contribution in [3.63, 3.8) is 0 Å². The van der Waals surface area contributed by atoms with E-state index in [4.69, 9.17) is 9.47 Å². The van der Waals surface area contributed by atoms with E-state index in [9.17, 15) is 9.59 Å². The summed E-state index contributed by atoms with van der Waals surface area (Å²) in [6.07, 6.45) is 1.62. The number of fused-ring (bicyclic) bond motifs is 3. The number of benzene rings is 1. The summed E-state index contributed by atoms with van der Waals surface area (Å²) in [6.45, 7) is 8.08. The number of nitrogens with zero attached hydrogens (tertiary/aromatic N) is 2. The summed E-state index contributed by atoms with van der Waals surface area (Å²) in [6, 6.07) is 9.95. The zero-order valence-electron chi connectivity index (χ0n) is 18.6. The van der Waals surface area contributed by atoms with Crippen LogP contribution < -0.4 is 4.74 Å². The Balaban J connectivity index is 1.42. The van der Waals surface area contributed by atoms with E-state index < -0.39 is 5.60 Å². The van der Waals surface area contributed by atoms with Crippen molar-refractivity contribution in [2.75, 3.05) is 26.7 Å². The lowest BCUT2D eigenvalue weighted by atomic mass is 9.97. The van der Waals surface area contributed by atoms with Gasteiger partial charge in [0.05, 0.1) is 4.88 Å². The Labute approximate surface area is 187 Å². The Kier molecular flexibility index (Phi) is 5.97. The van der Waals surface area contributed by atoms with Crippen molar-refractivity contribution in [3.8, 4) is 16.2 Å². The fourth-order valence-electron chi connectivity index (χ4n) is 4.16. The van der Waals surface area contributed by atoms with Crippen LogP contribution in [0.25, 0.3) is 10.4 Å². The molecule has 0 spiro atoms. The zero-order chi connectivity index (χ0) is 22.2. The van der Waals surface area contributed by atoms with Gasteiger partial charge in [0, 0.05) is 42.7 Å². The van der Waals surface area contributed by atoms with Crippen LogP contribution in [0.2, 0.25) is 0 Å². The lowest BCUT2D eigenvalue weighted by Gasteiger charge is -2.35. The Morgan fingerprint density at radius 2 is 2.06 bits per heavy atom. The van der Waals surface area contributed by atoms with Crippen LogP contribution in [0, 0.1) is 5.92 Å². The van der Waals surface area contributed by atoms with Crippen LogP contribution >= 0.6 is 11.3 Å². The van der Waals surface area contributed by atoms with Crippen LogP contribution in [0.15, 0.2) is 30.3 Å². The Bertz CT molecular complexity index is 978. The quantitative estimate of drug-likeness (QED) is 0.669. The summed E-state index contributed by atoms with van der Waals surface area (Å²) in [5.41, 5.74) is 1.62. The second-order valence-corrected chi connectivity index (χ2v) is 10.4. The minimum Gasteiger partial charge on any atom is -0.488 e. The van der Waals surface area contributed by atoms with Gasteiger partial charge in [-0.15, -0.1) is 11.3 Å². The SMILES string of the molecule is CN(CC1CCCN(C(=O)c2cc3c(s2)-c2ccccc2OC3)C1)C(=O)OC(C)(C)C. The molecule has 0 N–H and O–H groups in total. The fourth-order valence-corrected chi connectivity index (χ4v) is 5.33. The van der Waals surface area contributed by atoms with Gasteiger partial charge in [0.2, 0.25) is 0 Å². The average Bonchev–Trinajstić information content (AvgIpc) is 3.17. The molecule has 2 amide bonds. The number of ether oxygens (including phenoxy) is 2. The minimum atomic E-state index is -0.513. The van der Waals surface area contributed by atoms with Crippen LogP contribution in [-0.2, 0) is 11.3 Å². The number of likely N-dealkylation sites (tertiary alicyclic amines) is 1. The van der Waals surface area contributed by atoms with Gasteiger partial charge in [-0.2, -0.15) is 0 Å². The molecule has 0 aliphatic carbocycles. The Morgan fingerprint density at radius 3 is 2.84 bits per heavy atom. The van der Waals surface area contributed by atoms with E-state index >= 15 is 0 Å². The first-order valence-electron chi connectivity index (χ1n) is 10.8. The molecule has 31 heavy (non-hydrogen) atoms. The van der Waals surface area contributed by atoms with Gasteiger partial charge in [0.1, 0.15) is 18.0 Å². The first kappa shape index (κ1) is 21.7. The van der Waals surface area contributed by atoms with Crippen molar-refractivity contribution in [1.82, 2.24) is 9.80 Å². The van der Waals surface area contributed by atoms with Gasteiger partial charge in [0.15, 0.2) is 0 Å². The number of thiophene rings is 1. The maximum absolute atomic E-state index is 13.3. The zero-order valence-corrected chi connectivity index (χ0v) is 19.5. The number of carbonyl (C=O) groups excluding carboxylic acids is 2. The van der Waals surface area contributed by atoms with Gasteiger partial charge in [-0.3, -0.25) is 4.79 Å². The van der Waals surface area contributed by atoms with Crippen molar-refractivity contribution in [3.05, 3.63) is 40.8 Å². The molecule has 4 rings (SSSR count). The van der Waals surface area contributed by atoms with Gasteiger partial charge in [-0.05, 0) is 57.7 Å². The van der Waals surface area contributed by atoms with Crippen molar-refractivity contribution in [2.45, 2.75) is 45.8 Å². The molecule has 166 valence electrons. The summed E-state index contributed by atoms with van der Waals surface area (Å²) in [5.74, 6) is 1.19.